The maximum Gasteiger partial charge on any atom is 0.223 e. The summed E-state index contributed by atoms with van der Waals surface area (Å²) < 4.78 is 0. The molecule has 104 valence electrons. The first-order valence-electron chi connectivity index (χ1n) is 7.45. The molecule has 0 saturated heterocycles. The summed E-state index contributed by atoms with van der Waals surface area (Å²) >= 11 is 0. The molecular formula is C17H25NO. The highest BCUT2D eigenvalue weighted by Gasteiger charge is 2.22. The number of nitrogens with one attached hydrogen (secondary N) is 1. The highest BCUT2D eigenvalue weighted by atomic mass is 16.1. The number of carbonyl (C=O) groups excluding carboxylic acids is 1. The fourth-order valence-corrected chi connectivity index (χ4v) is 3.09. The van der Waals surface area contributed by atoms with Crippen molar-refractivity contribution in [3.05, 3.63) is 34.9 Å². The SMILES string of the molecule is Cc1ccc(C(C)NC(=O)C2CCCCC2)c(C)c1. The molecule has 1 unspecified atom stereocenters. The Balaban J connectivity index is 1.99. The quantitative estimate of drug-likeness (QED) is 0.871. The summed E-state index contributed by atoms with van der Waals surface area (Å²) in [7, 11) is 0. The predicted octanol–water partition coefficient (Wildman–Crippen LogP) is 4.06. The molecule has 0 aliphatic heterocycles. The zero-order valence-electron chi connectivity index (χ0n) is 12.3. The van der Waals surface area contributed by atoms with Crippen molar-refractivity contribution in [2.45, 2.75) is 58.9 Å². The van der Waals surface area contributed by atoms with E-state index in [1.54, 1.807) is 0 Å². The van der Waals surface area contributed by atoms with Gasteiger partial charge in [0.1, 0.15) is 0 Å². The van der Waals surface area contributed by atoms with Gasteiger partial charge in [-0.05, 0) is 44.7 Å². The maximum atomic E-state index is 12.2. The van der Waals surface area contributed by atoms with Crippen molar-refractivity contribution in [3.8, 4) is 0 Å². The molecule has 0 radical (unpaired) electrons. The third-order valence-electron chi connectivity index (χ3n) is 4.23. The number of hydrogen-bond donors (Lipinski definition) is 1. The second-order valence-corrected chi connectivity index (χ2v) is 5.93. The normalized spacial score (nSPS) is 18.1. The van der Waals surface area contributed by atoms with Crippen molar-refractivity contribution < 1.29 is 4.79 Å². The van der Waals surface area contributed by atoms with Gasteiger partial charge in [0.25, 0.3) is 0 Å². The molecule has 0 bridgehead atoms. The Hall–Kier alpha value is -1.31. The van der Waals surface area contributed by atoms with Gasteiger partial charge in [0.2, 0.25) is 5.91 Å². The van der Waals surface area contributed by atoms with E-state index in [9.17, 15) is 4.79 Å². The fraction of sp³-hybridized carbons (Fsp3) is 0.588. The third-order valence-corrected chi connectivity index (χ3v) is 4.23. The molecule has 1 atom stereocenters. The molecule has 1 N–H and O–H groups in total. The van der Waals surface area contributed by atoms with E-state index in [0.717, 1.165) is 12.8 Å². The van der Waals surface area contributed by atoms with Crippen LogP contribution < -0.4 is 5.32 Å². The molecule has 2 rings (SSSR count). The number of carbonyl (C=O) groups is 1. The molecule has 1 amide bonds. The zero-order valence-corrected chi connectivity index (χ0v) is 12.3. The first-order valence-corrected chi connectivity index (χ1v) is 7.45. The Morgan fingerprint density at radius 2 is 1.89 bits per heavy atom. The third kappa shape index (κ3) is 3.59. The summed E-state index contributed by atoms with van der Waals surface area (Å²) in [5, 5.41) is 3.19. The Morgan fingerprint density at radius 3 is 2.53 bits per heavy atom. The average molecular weight is 259 g/mol. The molecule has 0 aromatic heterocycles. The van der Waals surface area contributed by atoms with Gasteiger partial charge >= 0.3 is 0 Å². The summed E-state index contributed by atoms with van der Waals surface area (Å²) in [5.74, 6) is 0.481. The number of aryl methyl sites for hydroxylation is 2. The lowest BCUT2D eigenvalue weighted by Crippen LogP contribution is -2.34. The highest BCUT2D eigenvalue weighted by molar-refractivity contribution is 5.79. The monoisotopic (exact) mass is 259 g/mol. The standard InChI is InChI=1S/C17H25NO/c1-12-9-10-16(13(2)11-12)14(3)18-17(19)15-7-5-4-6-8-15/h9-11,14-15H,4-8H2,1-3H3,(H,18,19). The first-order chi connectivity index (χ1) is 9.08. The van der Waals surface area contributed by atoms with Gasteiger partial charge in [0, 0.05) is 5.92 Å². The van der Waals surface area contributed by atoms with Crippen LogP contribution in [0.15, 0.2) is 18.2 Å². The van der Waals surface area contributed by atoms with E-state index in [-0.39, 0.29) is 17.9 Å². The molecule has 19 heavy (non-hydrogen) atoms. The second-order valence-electron chi connectivity index (χ2n) is 5.93. The maximum absolute atomic E-state index is 12.2. The van der Waals surface area contributed by atoms with E-state index < -0.39 is 0 Å². The van der Waals surface area contributed by atoms with E-state index in [4.69, 9.17) is 0 Å². The highest BCUT2D eigenvalue weighted by Crippen LogP contribution is 2.25. The molecule has 2 heteroatoms. The number of benzene rings is 1. The average Bonchev–Trinajstić information content (AvgIpc) is 2.39. The number of hydrogen-bond acceptors (Lipinski definition) is 1. The van der Waals surface area contributed by atoms with Crippen molar-refractivity contribution in [1.82, 2.24) is 5.32 Å². The minimum atomic E-state index is 0.107. The number of amides is 1. The van der Waals surface area contributed by atoms with Crippen LogP contribution in [-0.2, 0) is 4.79 Å². The Morgan fingerprint density at radius 1 is 1.21 bits per heavy atom. The molecular weight excluding hydrogens is 234 g/mol. The van der Waals surface area contributed by atoms with Gasteiger partial charge in [-0.3, -0.25) is 4.79 Å². The molecule has 1 saturated carbocycles. The zero-order chi connectivity index (χ0) is 13.8. The van der Waals surface area contributed by atoms with E-state index in [2.05, 4.69) is 44.3 Å². The Labute approximate surface area is 116 Å². The van der Waals surface area contributed by atoms with Gasteiger partial charge in [-0.1, -0.05) is 43.0 Å². The van der Waals surface area contributed by atoms with Crippen LogP contribution in [0.1, 0.15) is 61.8 Å². The van der Waals surface area contributed by atoms with E-state index >= 15 is 0 Å². The van der Waals surface area contributed by atoms with Crippen molar-refractivity contribution in [1.29, 1.82) is 0 Å². The molecule has 0 heterocycles. The fourth-order valence-electron chi connectivity index (χ4n) is 3.09. The first kappa shape index (κ1) is 14.1. The van der Waals surface area contributed by atoms with Crippen LogP contribution >= 0.6 is 0 Å². The van der Waals surface area contributed by atoms with Crippen molar-refractivity contribution in [2.75, 3.05) is 0 Å². The summed E-state index contributed by atoms with van der Waals surface area (Å²) in [6, 6.07) is 6.54. The molecule has 0 spiro atoms. The smallest absolute Gasteiger partial charge is 0.223 e. The predicted molar refractivity (Wildman–Crippen MR) is 79.0 cm³/mol. The van der Waals surface area contributed by atoms with Gasteiger partial charge in [0.05, 0.1) is 6.04 Å². The Bertz CT molecular complexity index is 447. The van der Waals surface area contributed by atoms with E-state index in [1.807, 2.05) is 0 Å². The molecule has 2 nitrogen and oxygen atoms in total. The van der Waals surface area contributed by atoms with Gasteiger partial charge in [0.15, 0.2) is 0 Å². The van der Waals surface area contributed by atoms with Crippen LogP contribution in [0.5, 0.6) is 0 Å². The molecule has 1 fully saturated rings. The van der Waals surface area contributed by atoms with Gasteiger partial charge < -0.3 is 5.32 Å². The summed E-state index contributed by atoms with van der Waals surface area (Å²) in [6.07, 6.45) is 5.82. The van der Waals surface area contributed by atoms with Crippen LogP contribution in [0.2, 0.25) is 0 Å². The lowest BCUT2D eigenvalue weighted by molar-refractivity contribution is -0.126. The minimum Gasteiger partial charge on any atom is -0.349 e. The van der Waals surface area contributed by atoms with Crippen LogP contribution in [0.25, 0.3) is 0 Å². The lowest BCUT2D eigenvalue weighted by Gasteiger charge is -2.24. The Kier molecular flexibility index (Phi) is 4.62. The van der Waals surface area contributed by atoms with E-state index in [0.29, 0.717) is 0 Å². The molecule has 1 aromatic carbocycles. The van der Waals surface area contributed by atoms with Crippen molar-refractivity contribution in [3.63, 3.8) is 0 Å². The van der Waals surface area contributed by atoms with Crippen LogP contribution in [0.3, 0.4) is 0 Å². The van der Waals surface area contributed by atoms with E-state index in [1.165, 1.54) is 36.0 Å². The van der Waals surface area contributed by atoms with Gasteiger partial charge in [-0.25, -0.2) is 0 Å². The summed E-state index contributed by atoms with van der Waals surface area (Å²) in [5.41, 5.74) is 3.76. The van der Waals surface area contributed by atoms with Crippen LogP contribution in [0, 0.1) is 19.8 Å². The lowest BCUT2D eigenvalue weighted by atomic mass is 9.88. The molecule has 1 aliphatic rings. The molecule has 1 aliphatic carbocycles. The van der Waals surface area contributed by atoms with Crippen LogP contribution in [-0.4, -0.2) is 5.91 Å². The number of rotatable bonds is 3. The summed E-state index contributed by atoms with van der Waals surface area (Å²) in [4.78, 5) is 12.2. The topological polar surface area (TPSA) is 29.1 Å². The van der Waals surface area contributed by atoms with Crippen molar-refractivity contribution >= 4 is 5.91 Å². The minimum absolute atomic E-state index is 0.107. The van der Waals surface area contributed by atoms with Crippen LogP contribution in [0.4, 0.5) is 0 Å². The summed E-state index contributed by atoms with van der Waals surface area (Å²) in [6.45, 7) is 6.30. The van der Waals surface area contributed by atoms with Gasteiger partial charge in [-0.15, -0.1) is 0 Å². The van der Waals surface area contributed by atoms with Gasteiger partial charge in [-0.2, -0.15) is 0 Å². The molecule has 1 aromatic rings. The van der Waals surface area contributed by atoms with Crippen molar-refractivity contribution in [2.24, 2.45) is 5.92 Å². The largest absolute Gasteiger partial charge is 0.349 e. The second kappa shape index (κ2) is 6.23.